The van der Waals surface area contributed by atoms with Crippen LogP contribution in [-0.4, -0.2) is 36.1 Å². The molecule has 0 aromatic carbocycles. The van der Waals surface area contributed by atoms with Crippen molar-refractivity contribution in [3.63, 3.8) is 0 Å². The molecule has 1 saturated carbocycles. The van der Waals surface area contributed by atoms with E-state index in [9.17, 15) is 12.8 Å². The minimum atomic E-state index is -4.08. The second-order valence-corrected chi connectivity index (χ2v) is 6.61. The lowest BCUT2D eigenvalue weighted by Crippen LogP contribution is -2.44. The smallest absolute Gasteiger partial charge is 0.264 e. The summed E-state index contributed by atoms with van der Waals surface area (Å²) in [6, 6.07) is 2.14. The Morgan fingerprint density at radius 2 is 2.15 bits per heavy atom. The number of nitrogens with one attached hydrogen (secondary N) is 1. The zero-order chi connectivity index (χ0) is 14.8. The molecule has 1 aromatic heterocycles. The van der Waals surface area contributed by atoms with E-state index < -0.39 is 20.9 Å². The van der Waals surface area contributed by atoms with E-state index in [4.69, 9.17) is 11.1 Å². The molecule has 8 heteroatoms. The topological polar surface area (TPSA) is 100 Å². The number of hydrogen-bond donors (Lipinski definition) is 2. The predicted molar refractivity (Wildman–Crippen MR) is 72.3 cm³/mol. The lowest BCUT2D eigenvalue weighted by molar-refractivity contribution is 0.349. The SMILES string of the molecule is N=C(N)CN(C1CCCC1)S(=O)(=O)c1ncccc1F. The summed E-state index contributed by atoms with van der Waals surface area (Å²) in [4.78, 5) is 3.63. The number of sulfonamides is 1. The normalized spacial score (nSPS) is 16.7. The van der Waals surface area contributed by atoms with E-state index in [2.05, 4.69) is 4.98 Å². The largest absolute Gasteiger partial charge is 0.387 e. The van der Waals surface area contributed by atoms with Crippen LogP contribution in [0, 0.1) is 11.2 Å². The molecule has 1 aliphatic carbocycles. The summed E-state index contributed by atoms with van der Waals surface area (Å²) in [5, 5.41) is 6.74. The summed E-state index contributed by atoms with van der Waals surface area (Å²) in [7, 11) is -4.08. The third-order valence-electron chi connectivity index (χ3n) is 3.34. The number of hydrogen-bond acceptors (Lipinski definition) is 4. The summed E-state index contributed by atoms with van der Waals surface area (Å²) < 4.78 is 39.9. The van der Waals surface area contributed by atoms with E-state index in [0.717, 1.165) is 23.2 Å². The monoisotopic (exact) mass is 300 g/mol. The van der Waals surface area contributed by atoms with Gasteiger partial charge in [-0.2, -0.15) is 4.31 Å². The molecule has 6 nitrogen and oxygen atoms in total. The molecule has 0 spiro atoms. The van der Waals surface area contributed by atoms with Gasteiger partial charge in [0.1, 0.15) is 5.84 Å². The van der Waals surface area contributed by atoms with Crippen LogP contribution in [0.25, 0.3) is 0 Å². The van der Waals surface area contributed by atoms with Gasteiger partial charge in [0.2, 0.25) is 5.03 Å². The van der Waals surface area contributed by atoms with Crippen LogP contribution in [0.5, 0.6) is 0 Å². The van der Waals surface area contributed by atoms with Crippen molar-refractivity contribution in [3.8, 4) is 0 Å². The van der Waals surface area contributed by atoms with Gasteiger partial charge in [-0.15, -0.1) is 0 Å². The van der Waals surface area contributed by atoms with E-state index in [1.807, 2.05) is 0 Å². The highest BCUT2D eigenvalue weighted by molar-refractivity contribution is 7.89. The Balaban J connectivity index is 2.41. The molecule has 0 radical (unpaired) electrons. The number of amidine groups is 1. The molecule has 3 N–H and O–H groups in total. The van der Waals surface area contributed by atoms with Gasteiger partial charge in [-0.1, -0.05) is 12.8 Å². The van der Waals surface area contributed by atoms with Gasteiger partial charge in [0.25, 0.3) is 10.0 Å². The fourth-order valence-corrected chi connectivity index (χ4v) is 4.09. The highest BCUT2D eigenvalue weighted by Gasteiger charge is 2.36. The van der Waals surface area contributed by atoms with Crippen LogP contribution in [-0.2, 0) is 10.0 Å². The van der Waals surface area contributed by atoms with Crippen LogP contribution in [0.3, 0.4) is 0 Å². The first-order valence-electron chi connectivity index (χ1n) is 6.38. The van der Waals surface area contributed by atoms with Crippen LogP contribution in [0.15, 0.2) is 23.4 Å². The van der Waals surface area contributed by atoms with E-state index in [1.54, 1.807) is 0 Å². The number of rotatable bonds is 5. The van der Waals surface area contributed by atoms with E-state index in [0.29, 0.717) is 12.8 Å². The van der Waals surface area contributed by atoms with Crippen molar-refractivity contribution in [1.82, 2.24) is 9.29 Å². The second kappa shape index (κ2) is 5.84. The maximum absolute atomic E-state index is 13.7. The standard InChI is InChI=1S/C12H17FN4O2S/c13-10-6-3-7-16-12(10)20(18,19)17(8-11(14)15)9-4-1-2-5-9/h3,6-7,9H,1-2,4-5,8H2,(H3,14,15). The third kappa shape index (κ3) is 2.96. The Labute approximate surface area is 117 Å². The molecule has 0 bridgehead atoms. The van der Waals surface area contributed by atoms with Crippen molar-refractivity contribution in [2.24, 2.45) is 5.73 Å². The van der Waals surface area contributed by atoms with Crippen molar-refractivity contribution in [2.75, 3.05) is 6.54 Å². The number of halogens is 1. The molecule has 20 heavy (non-hydrogen) atoms. The average Bonchev–Trinajstić information content (AvgIpc) is 2.89. The van der Waals surface area contributed by atoms with Crippen molar-refractivity contribution in [2.45, 2.75) is 36.8 Å². The molecule has 0 amide bonds. The molecule has 0 unspecified atom stereocenters. The fourth-order valence-electron chi connectivity index (χ4n) is 2.44. The van der Waals surface area contributed by atoms with Gasteiger partial charge in [-0.05, 0) is 25.0 Å². The van der Waals surface area contributed by atoms with Crippen molar-refractivity contribution < 1.29 is 12.8 Å². The summed E-state index contributed by atoms with van der Waals surface area (Å²) in [5.41, 5.74) is 5.34. The van der Waals surface area contributed by atoms with Gasteiger partial charge in [0.05, 0.1) is 6.54 Å². The van der Waals surface area contributed by atoms with Gasteiger partial charge < -0.3 is 5.73 Å². The molecule has 0 aliphatic heterocycles. The molecule has 0 saturated heterocycles. The van der Waals surface area contributed by atoms with Crippen LogP contribution < -0.4 is 5.73 Å². The van der Waals surface area contributed by atoms with Crippen LogP contribution >= 0.6 is 0 Å². The van der Waals surface area contributed by atoms with Gasteiger partial charge in [-0.3, -0.25) is 5.41 Å². The van der Waals surface area contributed by atoms with Crippen molar-refractivity contribution in [3.05, 3.63) is 24.1 Å². The Kier molecular flexibility index (Phi) is 4.34. The molecular formula is C12H17FN4O2S. The minimum Gasteiger partial charge on any atom is -0.387 e. The summed E-state index contributed by atoms with van der Waals surface area (Å²) >= 11 is 0. The minimum absolute atomic E-state index is 0.233. The molecule has 110 valence electrons. The second-order valence-electron chi connectivity index (χ2n) is 4.80. The Morgan fingerprint density at radius 1 is 1.50 bits per heavy atom. The van der Waals surface area contributed by atoms with E-state index in [-0.39, 0.29) is 18.4 Å². The molecular weight excluding hydrogens is 283 g/mol. The van der Waals surface area contributed by atoms with Gasteiger partial charge >= 0.3 is 0 Å². The first-order chi connectivity index (χ1) is 9.43. The maximum atomic E-state index is 13.7. The molecule has 1 aliphatic rings. The van der Waals surface area contributed by atoms with Gasteiger partial charge in [-0.25, -0.2) is 17.8 Å². The molecule has 2 rings (SSSR count). The lowest BCUT2D eigenvalue weighted by atomic mass is 10.2. The number of pyridine rings is 1. The Morgan fingerprint density at radius 3 is 2.70 bits per heavy atom. The first kappa shape index (κ1) is 14.9. The molecule has 0 atom stereocenters. The number of aromatic nitrogens is 1. The van der Waals surface area contributed by atoms with E-state index >= 15 is 0 Å². The number of nitrogens with two attached hydrogens (primary N) is 1. The van der Waals surface area contributed by atoms with Gasteiger partial charge in [0.15, 0.2) is 5.82 Å². The lowest BCUT2D eigenvalue weighted by Gasteiger charge is -2.27. The zero-order valence-electron chi connectivity index (χ0n) is 10.9. The summed E-state index contributed by atoms with van der Waals surface area (Å²) in [5.74, 6) is -1.16. The summed E-state index contributed by atoms with van der Waals surface area (Å²) in [6.07, 6.45) is 4.46. The fraction of sp³-hybridized carbons (Fsp3) is 0.500. The van der Waals surface area contributed by atoms with E-state index in [1.165, 1.54) is 12.3 Å². The third-order valence-corrected chi connectivity index (χ3v) is 5.17. The predicted octanol–water partition coefficient (Wildman–Crippen LogP) is 1.09. The van der Waals surface area contributed by atoms with Crippen molar-refractivity contribution >= 4 is 15.9 Å². The van der Waals surface area contributed by atoms with Crippen LogP contribution in [0.1, 0.15) is 25.7 Å². The maximum Gasteiger partial charge on any atom is 0.264 e. The first-order valence-corrected chi connectivity index (χ1v) is 7.82. The quantitative estimate of drug-likeness (QED) is 0.628. The highest BCUT2D eigenvalue weighted by atomic mass is 32.2. The summed E-state index contributed by atoms with van der Waals surface area (Å²) in [6.45, 7) is -0.233. The molecule has 1 aromatic rings. The zero-order valence-corrected chi connectivity index (χ0v) is 11.7. The Hall–Kier alpha value is -1.54. The number of nitrogens with zero attached hydrogens (tertiary/aromatic N) is 2. The molecule has 1 fully saturated rings. The molecule has 1 heterocycles. The van der Waals surface area contributed by atoms with Crippen LogP contribution in [0.4, 0.5) is 4.39 Å². The van der Waals surface area contributed by atoms with Gasteiger partial charge in [0, 0.05) is 12.2 Å². The Bertz CT molecular complexity index is 599. The average molecular weight is 300 g/mol. The van der Waals surface area contributed by atoms with Crippen LogP contribution in [0.2, 0.25) is 0 Å². The highest BCUT2D eigenvalue weighted by Crippen LogP contribution is 2.28. The van der Waals surface area contributed by atoms with Crippen molar-refractivity contribution in [1.29, 1.82) is 5.41 Å².